The number of aliphatic hydroxyl groups is 1. The maximum absolute atomic E-state index is 12.3. The maximum atomic E-state index is 12.3. The molecule has 49 heavy (non-hydrogen) atoms. The van der Waals surface area contributed by atoms with Gasteiger partial charge in [-0.15, -0.1) is 0 Å². The molecule has 14 heteroatoms. The molecule has 266 valence electrons. The molecule has 0 radical (unpaired) electrons. The highest BCUT2D eigenvalue weighted by Crippen LogP contribution is 2.28. The Labute approximate surface area is 286 Å². The van der Waals surface area contributed by atoms with Crippen molar-refractivity contribution in [2.24, 2.45) is 0 Å². The molecular formula is C35H46N4O10. The van der Waals surface area contributed by atoms with Crippen molar-refractivity contribution in [2.45, 2.75) is 19.5 Å². The number of esters is 2. The van der Waals surface area contributed by atoms with Crippen LogP contribution in [0.25, 0.3) is 0 Å². The van der Waals surface area contributed by atoms with Crippen molar-refractivity contribution in [2.75, 3.05) is 86.6 Å². The van der Waals surface area contributed by atoms with Gasteiger partial charge in [-0.2, -0.15) is 0 Å². The van der Waals surface area contributed by atoms with Crippen LogP contribution >= 0.6 is 0 Å². The number of carbonyl (C=O) groups excluding carboxylic acids is 2. The largest absolute Gasteiger partial charge is 0.478 e. The summed E-state index contributed by atoms with van der Waals surface area (Å²) >= 11 is 0. The molecule has 0 amide bonds. The molecule has 0 saturated heterocycles. The van der Waals surface area contributed by atoms with E-state index in [1.165, 1.54) is 26.4 Å². The number of carboxylic acid groups (broad SMARTS) is 1. The predicted molar refractivity (Wildman–Crippen MR) is 178 cm³/mol. The van der Waals surface area contributed by atoms with Crippen molar-refractivity contribution >= 4 is 17.9 Å². The molecule has 14 nitrogen and oxygen atoms in total. The van der Waals surface area contributed by atoms with Gasteiger partial charge in [0.05, 0.1) is 83.5 Å². The molecule has 0 spiro atoms. The van der Waals surface area contributed by atoms with Crippen molar-refractivity contribution in [1.82, 2.24) is 19.8 Å². The Balaban J connectivity index is 1.60. The van der Waals surface area contributed by atoms with Crippen LogP contribution in [0.5, 0.6) is 0 Å². The van der Waals surface area contributed by atoms with Crippen molar-refractivity contribution in [3.8, 4) is 0 Å². The molecule has 0 fully saturated rings. The number of aromatic nitrogens is 2. The Bertz CT molecular complexity index is 1460. The summed E-state index contributed by atoms with van der Waals surface area (Å²) in [6.07, 6.45) is 0. The molecular weight excluding hydrogens is 636 g/mol. The lowest BCUT2D eigenvalue weighted by molar-refractivity contribution is 0.0208. The number of nitrogens with zero attached hydrogens (tertiary/aromatic N) is 4. The predicted octanol–water partition coefficient (Wildman–Crippen LogP) is 2.70. The molecule has 3 rings (SSSR count). The van der Waals surface area contributed by atoms with Gasteiger partial charge in [-0.3, -0.25) is 9.80 Å². The van der Waals surface area contributed by atoms with Gasteiger partial charge >= 0.3 is 17.9 Å². The second-order valence-corrected chi connectivity index (χ2v) is 10.7. The monoisotopic (exact) mass is 682 g/mol. The summed E-state index contributed by atoms with van der Waals surface area (Å²) in [5.74, 6) is -2.08. The Hall–Kier alpha value is -4.31. The third-order valence-electron chi connectivity index (χ3n) is 7.52. The number of ether oxygens (including phenoxy) is 5. The Kier molecular flexibility index (Phi) is 17.3. The third-order valence-corrected chi connectivity index (χ3v) is 7.52. The molecule has 0 saturated carbocycles. The lowest BCUT2D eigenvalue weighted by Crippen LogP contribution is -2.36. The minimum atomic E-state index is -1.04. The first kappa shape index (κ1) is 39.1. The molecule has 3 aromatic rings. The van der Waals surface area contributed by atoms with Gasteiger partial charge in [0.15, 0.2) is 0 Å². The number of aromatic carboxylic acids is 1. The smallest absolute Gasteiger partial charge is 0.356 e. The van der Waals surface area contributed by atoms with Crippen LogP contribution in [0.4, 0.5) is 0 Å². The first-order chi connectivity index (χ1) is 23.8. The van der Waals surface area contributed by atoms with Crippen LogP contribution in [0.2, 0.25) is 0 Å². The minimum Gasteiger partial charge on any atom is -0.478 e. The summed E-state index contributed by atoms with van der Waals surface area (Å²) in [4.78, 5) is 48.8. The van der Waals surface area contributed by atoms with Crippen LogP contribution in [0.1, 0.15) is 61.3 Å². The lowest BCUT2D eigenvalue weighted by atomic mass is 9.99. The zero-order chi connectivity index (χ0) is 35.4. The summed E-state index contributed by atoms with van der Waals surface area (Å²) in [5, 5.41) is 18.6. The maximum Gasteiger partial charge on any atom is 0.356 e. The zero-order valence-corrected chi connectivity index (χ0v) is 28.3. The number of likely N-dealkylation sites (N-methyl/N-ethyl adjacent to an activating group) is 1. The Morgan fingerprint density at radius 1 is 0.735 bits per heavy atom. The van der Waals surface area contributed by atoms with Gasteiger partial charge < -0.3 is 33.9 Å². The van der Waals surface area contributed by atoms with Crippen LogP contribution in [0, 0.1) is 0 Å². The fourth-order valence-corrected chi connectivity index (χ4v) is 4.98. The number of rotatable bonds is 23. The summed E-state index contributed by atoms with van der Waals surface area (Å²) in [7, 11) is 2.62. The number of hydrogen-bond donors (Lipinski definition) is 2. The van der Waals surface area contributed by atoms with Crippen LogP contribution in [-0.2, 0) is 30.2 Å². The lowest BCUT2D eigenvalue weighted by Gasteiger charge is -2.32. The second kappa shape index (κ2) is 21.6. The Morgan fingerprint density at radius 2 is 1.31 bits per heavy atom. The van der Waals surface area contributed by atoms with E-state index in [1.807, 2.05) is 13.0 Å². The number of aliphatic hydroxyl groups excluding tert-OH is 1. The standard InChI is InChI=1S/C35H46N4O10/c1-4-38(25-28-7-5-9-30(36-28)34(43)45-2)15-19-48-23-24-49-21-17-39(16-20-47-22-18-40)32(26-11-13-27(14-12-26)33(41)42)29-8-6-10-31(37-29)35(44)46-3/h5-14,32,40H,4,15-25H2,1-3H3,(H,41,42). The fraction of sp³-hybridized carbons (Fsp3) is 0.457. The highest BCUT2D eigenvalue weighted by Gasteiger charge is 2.25. The number of benzene rings is 1. The second-order valence-electron chi connectivity index (χ2n) is 10.7. The summed E-state index contributed by atoms with van der Waals surface area (Å²) in [6.45, 7) is 6.88. The number of hydrogen-bond acceptors (Lipinski definition) is 13. The van der Waals surface area contributed by atoms with E-state index in [0.717, 1.165) is 17.8 Å². The van der Waals surface area contributed by atoms with Gasteiger partial charge in [0.1, 0.15) is 11.4 Å². The van der Waals surface area contributed by atoms with E-state index in [-0.39, 0.29) is 30.2 Å². The van der Waals surface area contributed by atoms with Crippen LogP contribution in [-0.4, -0.2) is 135 Å². The summed E-state index contributed by atoms with van der Waals surface area (Å²) in [6, 6.07) is 16.4. The fourth-order valence-electron chi connectivity index (χ4n) is 4.98. The summed E-state index contributed by atoms with van der Waals surface area (Å²) < 4.78 is 27.0. The molecule has 1 atom stereocenters. The number of methoxy groups -OCH3 is 2. The highest BCUT2D eigenvalue weighted by molar-refractivity contribution is 5.88. The van der Waals surface area contributed by atoms with Crippen molar-refractivity contribution in [3.63, 3.8) is 0 Å². The van der Waals surface area contributed by atoms with Crippen LogP contribution in [0.3, 0.4) is 0 Å². The first-order valence-electron chi connectivity index (χ1n) is 16.0. The molecule has 0 aliphatic heterocycles. The minimum absolute atomic E-state index is 0.110. The van der Waals surface area contributed by atoms with E-state index in [1.54, 1.807) is 42.5 Å². The van der Waals surface area contributed by atoms with Gasteiger partial charge in [0.2, 0.25) is 0 Å². The van der Waals surface area contributed by atoms with E-state index in [9.17, 15) is 24.6 Å². The number of pyridine rings is 2. The average Bonchev–Trinajstić information content (AvgIpc) is 3.13. The molecule has 0 aliphatic carbocycles. The molecule has 2 aromatic heterocycles. The van der Waals surface area contributed by atoms with E-state index in [4.69, 9.17) is 23.7 Å². The van der Waals surface area contributed by atoms with E-state index in [0.29, 0.717) is 64.9 Å². The SMILES string of the molecule is CCN(CCOCCOCCN(CCOCCO)C(c1ccc(C(=O)O)cc1)c1cccc(C(=O)OC)n1)Cc1cccc(C(=O)OC)n1. The van der Waals surface area contributed by atoms with Gasteiger partial charge in [-0.25, -0.2) is 24.4 Å². The number of carboxylic acids is 1. The first-order valence-corrected chi connectivity index (χ1v) is 16.0. The third kappa shape index (κ3) is 12.9. The molecule has 1 unspecified atom stereocenters. The topological polar surface area (TPSA) is 170 Å². The van der Waals surface area contributed by atoms with Gasteiger partial charge in [-0.1, -0.05) is 31.2 Å². The molecule has 0 aliphatic rings. The van der Waals surface area contributed by atoms with Crippen LogP contribution in [0.15, 0.2) is 60.7 Å². The zero-order valence-electron chi connectivity index (χ0n) is 28.3. The van der Waals surface area contributed by atoms with Crippen molar-refractivity contribution in [1.29, 1.82) is 0 Å². The highest BCUT2D eigenvalue weighted by atomic mass is 16.5. The van der Waals surface area contributed by atoms with Gasteiger partial charge in [0, 0.05) is 26.2 Å². The van der Waals surface area contributed by atoms with Gasteiger partial charge in [0.25, 0.3) is 0 Å². The number of carbonyl (C=O) groups is 3. The quantitative estimate of drug-likeness (QED) is 0.111. The normalized spacial score (nSPS) is 11.9. The van der Waals surface area contributed by atoms with Crippen molar-refractivity contribution < 1.29 is 48.3 Å². The van der Waals surface area contributed by atoms with E-state index >= 15 is 0 Å². The molecule has 2 heterocycles. The Morgan fingerprint density at radius 3 is 1.88 bits per heavy atom. The molecule has 2 N–H and O–H groups in total. The molecule has 1 aromatic carbocycles. The van der Waals surface area contributed by atoms with Gasteiger partial charge in [-0.05, 0) is 48.5 Å². The van der Waals surface area contributed by atoms with Crippen molar-refractivity contribution in [3.05, 3.63) is 94.6 Å². The van der Waals surface area contributed by atoms with E-state index in [2.05, 4.69) is 19.8 Å². The van der Waals surface area contributed by atoms with E-state index < -0.39 is 23.9 Å². The molecule has 0 bridgehead atoms. The summed E-state index contributed by atoms with van der Waals surface area (Å²) in [5.41, 5.74) is 2.65. The average molecular weight is 683 g/mol. The van der Waals surface area contributed by atoms with Crippen LogP contribution < -0.4 is 0 Å².